The maximum atomic E-state index is 11.2. The van der Waals surface area contributed by atoms with Crippen LogP contribution in [0.2, 0.25) is 0 Å². The Morgan fingerprint density at radius 3 is 2.67 bits per heavy atom. The van der Waals surface area contributed by atoms with Crippen molar-refractivity contribution in [1.29, 1.82) is 0 Å². The quantitative estimate of drug-likeness (QED) is 0.417. The van der Waals surface area contributed by atoms with Gasteiger partial charge in [-0.15, -0.1) is 13.2 Å². The molecule has 0 aliphatic heterocycles. The Hall–Kier alpha value is -1.83. The summed E-state index contributed by atoms with van der Waals surface area (Å²) in [6.45, 7) is 7.14. The predicted molar refractivity (Wildman–Crippen MR) is 60.8 cm³/mol. The van der Waals surface area contributed by atoms with Crippen LogP contribution in [-0.4, -0.2) is 5.97 Å². The number of hydrogen-bond donors (Lipinski definition) is 0. The number of esters is 1. The molecule has 0 spiro atoms. The van der Waals surface area contributed by atoms with Crippen LogP contribution in [0.5, 0.6) is 5.75 Å². The average Bonchev–Trinajstić information content (AvgIpc) is 2.21. The largest absolute Gasteiger partial charge is 0.426 e. The molecule has 2 heteroatoms. The SMILES string of the molecule is C=CCC(=O)Oc1ccccc1CC=C. The molecule has 1 aromatic carbocycles. The van der Waals surface area contributed by atoms with E-state index >= 15 is 0 Å². The van der Waals surface area contributed by atoms with Crippen molar-refractivity contribution in [1.82, 2.24) is 0 Å². The minimum Gasteiger partial charge on any atom is -0.426 e. The molecule has 2 nitrogen and oxygen atoms in total. The molecular formula is C13H14O2. The van der Waals surface area contributed by atoms with Crippen molar-refractivity contribution < 1.29 is 9.53 Å². The number of hydrogen-bond acceptors (Lipinski definition) is 2. The van der Waals surface area contributed by atoms with Crippen LogP contribution in [0.1, 0.15) is 12.0 Å². The molecule has 0 radical (unpaired) electrons. The van der Waals surface area contributed by atoms with Crippen LogP contribution in [0, 0.1) is 0 Å². The van der Waals surface area contributed by atoms with Crippen LogP contribution in [0.3, 0.4) is 0 Å². The highest BCUT2D eigenvalue weighted by atomic mass is 16.5. The van der Waals surface area contributed by atoms with E-state index in [1.807, 2.05) is 18.2 Å². The fourth-order valence-corrected chi connectivity index (χ4v) is 1.21. The van der Waals surface area contributed by atoms with Crippen molar-refractivity contribution in [2.45, 2.75) is 12.8 Å². The zero-order chi connectivity index (χ0) is 11.1. The van der Waals surface area contributed by atoms with Gasteiger partial charge in [-0.1, -0.05) is 30.4 Å². The number of carbonyl (C=O) groups is 1. The molecule has 0 amide bonds. The summed E-state index contributed by atoms with van der Waals surface area (Å²) < 4.78 is 5.18. The van der Waals surface area contributed by atoms with Crippen LogP contribution >= 0.6 is 0 Å². The van der Waals surface area contributed by atoms with E-state index in [1.165, 1.54) is 6.08 Å². The van der Waals surface area contributed by atoms with Crippen molar-refractivity contribution >= 4 is 5.97 Å². The van der Waals surface area contributed by atoms with Crippen LogP contribution in [0.4, 0.5) is 0 Å². The van der Waals surface area contributed by atoms with E-state index in [1.54, 1.807) is 12.1 Å². The summed E-state index contributed by atoms with van der Waals surface area (Å²) in [4.78, 5) is 11.2. The summed E-state index contributed by atoms with van der Waals surface area (Å²) in [5.74, 6) is 0.311. The first kappa shape index (κ1) is 11.2. The first-order valence-electron chi connectivity index (χ1n) is 4.78. The lowest BCUT2D eigenvalue weighted by molar-refractivity contribution is -0.133. The molecule has 0 aliphatic carbocycles. The van der Waals surface area contributed by atoms with Gasteiger partial charge in [-0.05, 0) is 18.1 Å². The Balaban J connectivity index is 2.78. The normalized spacial score (nSPS) is 9.33. The van der Waals surface area contributed by atoms with Crippen molar-refractivity contribution in [2.24, 2.45) is 0 Å². The Kier molecular flexibility index (Phi) is 4.35. The number of benzene rings is 1. The fraction of sp³-hybridized carbons (Fsp3) is 0.154. The van der Waals surface area contributed by atoms with Crippen LogP contribution < -0.4 is 4.74 Å². The predicted octanol–water partition coefficient (Wildman–Crippen LogP) is 2.90. The first-order chi connectivity index (χ1) is 7.27. The van der Waals surface area contributed by atoms with Gasteiger partial charge < -0.3 is 4.74 Å². The van der Waals surface area contributed by atoms with E-state index in [-0.39, 0.29) is 12.4 Å². The molecule has 15 heavy (non-hydrogen) atoms. The van der Waals surface area contributed by atoms with Gasteiger partial charge in [0.1, 0.15) is 5.75 Å². The molecule has 0 unspecified atom stereocenters. The van der Waals surface area contributed by atoms with Crippen LogP contribution in [0.25, 0.3) is 0 Å². The van der Waals surface area contributed by atoms with E-state index < -0.39 is 0 Å². The van der Waals surface area contributed by atoms with Gasteiger partial charge in [-0.3, -0.25) is 4.79 Å². The second kappa shape index (κ2) is 5.81. The van der Waals surface area contributed by atoms with Gasteiger partial charge in [0.25, 0.3) is 0 Å². The molecular weight excluding hydrogens is 188 g/mol. The summed E-state index contributed by atoms with van der Waals surface area (Å²) in [7, 11) is 0. The molecule has 0 aliphatic rings. The molecule has 0 atom stereocenters. The number of allylic oxidation sites excluding steroid dienone is 1. The van der Waals surface area contributed by atoms with E-state index in [4.69, 9.17) is 4.74 Å². The van der Waals surface area contributed by atoms with Gasteiger partial charge in [-0.2, -0.15) is 0 Å². The standard InChI is InChI=1S/C13H14O2/c1-3-7-11-9-5-6-10-12(11)15-13(14)8-4-2/h3-6,9-10H,1-2,7-8H2. The summed E-state index contributed by atoms with van der Waals surface area (Å²) in [6, 6.07) is 7.44. The van der Waals surface area contributed by atoms with Gasteiger partial charge in [0, 0.05) is 0 Å². The molecule has 1 aromatic rings. The average molecular weight is 202 g/mol. The second-order valence-electron chi connectivity index (χ2n) is 3.07. The van der Waals surface area contributed by atoms with E-state index in [2.05, 4.69) is 13.2 Å². The monoisotopic (exact) mass is 202 g/mol. The number of rotatable bonds is 5. The van der Waals surface area contributed by atoms with Crippen molar-refractivity contribution in [3.05, 3.63) is 55.1 Å². The Labute approximate surface area is 89.9 Å². The molecule has 0 heterocycles. The zero-order valence-electron chi connectivity index (χ0n) is 8.61. The molecule has 0 N–H and O–H groups in total. The van der Waals surface area contributed by atoms with Crippen molar-refractivity contribution in [3.8, 4) is 5.75 Å². The molecule has 0 bridgehead atoms. The molecule has 1 rings (SSSR count). The maximum Gasteiger partial charge on any atom is 0.315 e. The Bertz CT molecular complexity index is 367. The van der Waals surface area contributed by atoms with Gasteiger partial charge in [0.2, 0.25) is 0 Å². The third kappa shape index (κ3) is 3.43. The summed E-state index contributed by atoms with van der Waals surface area (Å²) in [5, 5.41) is 0. The van der Waals surface area contributed by atoms with Crippen LogP contribution in [0.15, 0.2) is 49.6 Å². The van der Waals surface area contributed by atoms with Gasteiger partial charge in [0.15, 0.2) is 0 Å². The third-order valence-electron chi connectivity index (χ3n) is 1.87. The summed E-state index contributed by atoms with van der Waals surface area (Å²) >= 11 is 0. The van der Waals surface area contributed by atoms with Crippen molar-refractivity contribution in [3.63, 3.8) is 0 Å². The zero-order valence-corrected chi connectivity index (χ0v) is 8.61. The highest BCUT2D eigenvalue weighted by Crippen LogP contribution is 2.19. The van der Waals surface area contributed by atoms with E-state index in [0.717, 1.165) is 5.56 Å². The van der Waals surface area contributed by atoms with E-state index in [9.17, 15) is 4.79 Å². The fourth-order valence-electron chi connectivity index (χ4n) is 1.21. The summed E-state index contributed by atoms with van der Waals surface area (Å²) in [5.41, 5.74) is 0.963. The maximum absolute atomic E-state index is 11.2. The highest BCUT2D eigenvalue weighted by Gasteiger charge is 2.05. The minimum atomic E-state index is -0.290. The lowest BCUT2D eigenvalue weighted by atomic mass is 10.1. The molecule has 78 valence electrons. The van der Waals surface area contributed by atoms with Crippen LogP contribution in [-0.2, 0) is 11.2 Å². The molecule has 0 saturated carbocycles. The topological polar surface area (TPSA) is 26.3 Å². The van der Waals surface area contributed by atoms with Crippen molar-refractivity contribution in [2.75, 3.05) is 0 Å². The Morgan fingerprint density at radius 2 is 2.00 bits per heavy atom. The smallest absolute Gasteiger partial charge is 0.315 e. The van der Waals surface area contributed by atoms with E-state index in [0.29, 0.717) is 12.2 Å². The minimum absolute atomic E-state index is 0.225. The highest BCUT2D eigenvalue weighted by molar-refractivity contribution is 5.74. The molecule has 0 fully saturated rings. The number of ether oxygens (including phenoxy) is 1. The second-order valence-corrected chi connectivity index (χ2v) is 3.07. The third-order valence-corrected chi connectivity index (χ3v) is 1.87. The summed E-state index contributed by atoms with van der Waals surface area (Å²) in [6.07, 6.45) is 4.22. The molecule has 0 aromatic heterocycles. The first-order valence-corrected chi connectivity index (χ1v) is 4.78. The Morgan fingerprint density at radius 1 is 1.27 bits per heavy atom. The van der Waals surface area contributed by atoms with Gasteiger partial charge in [-0.25, -0.2) is 0 Å². The number of carbonyl (C=O) groups excluding carboxylic acids is 1. The number of para-hydroxylation sites is 1. The lowest BCUT2D eigenvalue weighted by Gasteiger charge is -2.07. The van der Waals surface area contributed by atoms with Gasteiger partial charge in [0.05, 0.1) is 6.42 Å². The molecule has 0 saturated heterocycles. The lowest BCUT2D eigenvalue weighted by Crippen LogP contribution is -2.07. The van der Waals surface area contributed by atoms with Gasteiger partial charge >= 0.3 is 5.97 Å².